The van der Waals surface area contributed by atoms with Gasteiger partial charge in [0.25, 0.3) is 0 Å². The van der Waals surface area contributed by atoms with Crippen molar-refractivity contribution in [2.75, 3.05) is 5.32 Å². The number of hydrogen-bond donors (Lipinski definition) is 2. The predicted octanol–water partition coefficient (Wildman–Crippen LogP) is 1.93. The van der Waals surface area contributed by atoms with Crippen LogP contribution in [0, 0.1) is 6.92 Å². The highest BCUT2D eigenvalue weighted by atomic mass is 15.3. The zero-order chi connectivity index (χ0) is 11.5. The van der Waals surface area contributed by atoms with Crippen molar-refractivity contribution in [2.45, 2.75) is 13.5 Å². The van der Waals surface area contributed by atoms with Gasteiger partial charge in [0.05, 0.1) is 17.6 Å². The van der Waals surface area contributed by atoms with Crippen molar-refractivity contribution in [3.05, 3.63) is 41.7 Å². The Morgan fingerprint density at radius 1 is 1.31 bits per heavy atom. The molecule has 1 heterocycles. The van der Waals surface area contributed by atoms with Crippen LogP contribution in [-0.2, 0) is 13.6 Å². The molecule has 0 fully saturated rings. The summed E-state index contributed by atoms with van der Waals surface area (Å²) in [6, 6.07) is 8.03. The molecular formula is C12H16N4. The lowest BCUT2D eigenvalue weighted by atomic mass is 10.1. The van der Waals surface area contributed by atoms with Crippen LogP contribution < -0.4 is 11.1 Å². The van der Waals surface area contributed by atoms with Crippen LogP contribution in [0.1, 0.15) is 11.3 Å². The molecule has 4 nitrogen and oxygen atoms in total. The van der Waals surface area contributed by atoms with E-state index in [9.17, 15) is 0 Å². The van der Waals surface area contributed by atoms with E-state index in [-0.39, 0.29) is 0 Å². The smallest absolute Gasteiger partial charge is 0.0800 e. The third-order valence-corrected chi connectivity index (χ3v) is 2.74. The Morgan fingerprint density at radius 2 is 2.06 bits per heavy atom. The number of benzene rings is 1. The van der Waals surface area contributed by atoms with E-state index in [4.69, 9.17) is 5.73 Å². The molecule has 84 valence electrons. The number of nitrogens with one attached hydrogen (secondary N) is 1. The summed E-state index contributed by atoms with van der Waals surface area (Å²) >= 11 is 0. The summed E-state index contributed by atoms with van der Waals surface area (Å²) in [5, 5.41) is 7.54. The summed E-state index contributed by atoms with van der Waals surface area (Å²) in [6.07, 6.45) is 1.82. The minimum Gasteiger partial charge on any atom is -0.352 e. The van der Waals surface area contributed by atoms with E-state index < -0.39 is 0 Å². The number of anilines is 2. The van der Waals surface area contributed by atoms with Gasteiger partial charge in [0.15, 0.2) is 0 Å². The monoisotopic (exact) mass is 216 g/mol. The van der Waals surface area contributed by atoms with Crippen molar-refractivity contribution in [2.24, 2.45) is 12.8 Å². The molecule has 3 N–H and O–H groups in total. The molecule has 0 radical (unpaired) electrons. The van der Waals surface area contributed by atoms with Crippen LogP contribution in [0.2, 0.25) is 0 Å². The summed E-state index contributed by atoms with van der Waals surface area (Å²) in [5.74, 6) is 0. The minimum atomic E-state index is 0.530. The van der Waals surface area contributed by atoms with Crippen LogP contribution in [0.15, 0.2) is 30.5 Å². The number of nitrogens with two attached hydrogens (primary N) is 1. The highest BCUT2D eigenvalue weighted by Gasteiger charge is 2.05. The van der Waals surface area contributed by atoms with E-state index in [0.717, 1.165) is 22.6 Å². The number of para-hydroxylation sites is 1. The highest BCUT2D eigenvalue weighted by Crippen LogP contribution is 2.22. The van der Waals surface area contributed by atoms with Crippen LogP contribution in [0.4, 0.5) is 11.4 Å². The molecule has 0 spiro atoms. The Kier molecular flexibility index (Phi) is 2.92. The topological polar surface area (TPSA) is 55.9 Å². The summed E-state index contributed by atoms with van der Waals surface area (Å²) in [4.78, 5) is 0. The Labute approximate surface area is 95.1 Å². The van der Waals surface area contributed by atoms with E-state index in [1.165, 1.54) is 0 Å². The fourth-order valence-electron chi connectivity index (χ4n) is 1.59. The van der Waals surface area contributed by atoms with Gasteiger partial charge in [-0.3, -0.25) is 4.68 Å². The van der Waals surface area contributed by atoms with Gasteiger partial charge in [0.1, 0.15) is 0 Å². The number of nitrogens with zero attached hydrogens (tertiary/aromatic N) is 2. The maximum absolute atomic E-state index is 5.69. The lowest BCUT2D eigenvalue weighted by Crippen LogP contribution is -2.02. The van der Waals surface area contributed by atoms with Crippen molar-refractivity contribution in [1.29, 1.82) is 0 Å². The van der Waals surface area contributed by atoms with Gasteiger partial charge in [-0.25, -0.2) is 0 Å². The quantitative estimate of drug-likeness (QED) is 0.824. The molecular weight excluding hydrogens is 200 g/mol. The van der Waals surface area contributed by atoms with Crippen molar-refractivity contribution < 1.29 is 0 Å². The second-order valence-corrected chi connectivity index (χ2v) is 3.75. The van der Waals surface area contributed by atoms with Crippen LogP contribution in [0.25, 0.3) is 0 Å². The first-order valence-electron chi connectivity index (χ1n) is 5.26. The van der Waals surface area contributed by atoms with E-state index in [2.05, 4.69) is 10.4 Å². The van der Waals surface area contributed by atoms with Gasteiger partial charge >= 0.3 is 0 Å². The van der Waals surface area contributed by atoms with Crippen molar-refractivity contribution in [3.8, 4) is 0 Å². The Morgan fingerprint density at radius 3 is 2.69 bits per heavy atom. The summed E-state index contributed by atoms with van der Waals surface area (Å²) in [6.45, 7) is 2.56. The molecule has 0 saturated carbocycles. The second-order valence-electron chi connectivity index (χ2n) is 3.75. The van der Waals surface area contributed by atoms with Gasteiger partial charge in [-0.05, 0) is 18.6 Å². The minimum absolute atomic E-state index is 0.530. The maximum Gasteiger partial charge on any atom is 0.0800 e. The average Bonchev–Trinajstić information content (AvgIpc) is 2.62. The second kappa shape index (κ2) is 4.37. The Balaban J connectivity index is 2.30. The van der Waals surface area contributed by atoms with E-state index >= 15 is 0 Å². The predicted molar refractivity (Wildman–Crippen MR) is 65.6 cm³/mol. The van der Waals surface area contributed by atoms with Gasteiger partial charge in [-0.15, -0.1) is 0 Å². The molecule has 0 saturated heterocycles. The molecule has 0 bridgehead atoms. The molecule has 4 heteroatoms. The molecule has 0 amide bonds. The van der Waals surface area contributed by atoms with E-state index in [0.29, 0.717) is 6.54 Å². The van der Waals surface area contributed by atoms with Gasteiger partial charge < -0.3 is 11.1 Å². The molecule has 0 aliphatic carbocycles. The van der Waals surface area contributed by atoms with E-state index in [1.54, 1.807) is 0 Å². The molecule has 0 aliphatic rings. The normalized spacial score (nSPS) is 10.4. The van der Waals surface area contributed by atoms with Crippen molar-refractivity contribution >= 4 is 11.4 Å². The fraction of sp³-hybridized carbons (Fsp3) is 0.250. The Bertz CT molecular complexity index is 488. The first-order valence-corrected chi connectivity index (χ1v) is 5.26. The van der Waals surface area contributed by atoms with Crippen LogP contribution in [0.3, 0.4) is 0 Å². The van der Waals surface area contributed by atoms with Gasteiger partial charge in [0.2, 0.25) is 0 Å². The van der Waals surface area contributed by atoms with Gasteiger partial charge in [0, 0.05) is 19.3 Å². The van der Waals surface area contributed by atoms with Crippen LogP contribution >= 0.6 is 0 Å². The van der Waals surface area contributed by atoms with Gasteiger partial charge in [-0.2, -0.15) is 5.10 Å². The molecule has 0 unspecified atom stereocenters. The highest BCUT2D eigenvalue weighted by molar-refractivity contribution is 5.64. The third-order valence-electron chi connectivity index (χ3n) is 2.74. The first-order chi connectivity index (χ1) is 7.72. The zero-order valence-electron chi connectivity index (χ0n) is 9.57. The molecule has 2 rings (SSSR count). The Hall–Kier alpha value is -1.81. The number of aromatic nitrogens is 2. The summed E-state index contributed by atoms with van der Waals surface area (Å²) in [7, 11) is 1.93. The molecule has 1 aromatic heterocycles. The third kappa shape index (κ3) is 1.92. The number of rotatable bonds is 3. The van der Waals surface area contributed by atoms with Crippen LogP contribution in [-0.4, -0.2) is 9.78 Å². The molecule has 2 aromatic rings. The standard InChI is InChI=1S/C12H16N4/c1-9-12(8-14-16(9)2)15-11-6-4-3-5-10(11)7-13/h3-6,8,15H,7,13H2,1-2H3. The van der Waals surface area contributed by atoms with Crippen molar-refractivity contribution in [3.63, 3.8) is 0 Å². The van der Waals surface area contributed by atoms with Crippen molar-refractivity contribution in [1.82, 2.24) is 9.78 Å². The summed E-state index contributed by atoms with van der Waals surface area (Å²) < 4.78 is 1.84. The molecule has 0 aliphatic heterocycles. The SMILES string of the molecule is Cc1c(Nc2ccccc2CN)cnn1C. The maximum atomic E-state index is 5.69. The number of hydrogen-bond acceptors (Lipinski definition) is 3. The lowest BCUT2D eigenvalue weighted by molar-refractivity contribution is 0.740. The first kappa shape index (κ1) is 10.7. The average molecular weight is 216 g/mol. The van der Waals surface area contributed by atoms with Crippen LogP contribution in [0.5, 0.6) is 0 Å². The zero-order valence-corrected chi connectivity index (χ0v) is 9.57. The number of aryl methyl sites for hydroxylation is 1. The molecule has 16 heavy (non-hydrogen) atoms. The lowest BCUT2D eigenvalue weighted by Gasteiger charge is -2.09. The fourth-order valence-corrected chi connectivity index (χ4v) is 1.59. The molecule has 1 aromatic carbocycles. The largest absolute Gasteiger partial charge is 0.352 e. The van der Waals surface area contributed by atoms with E-state index in [1.807, 2.05) is 49.1 Å². The van der Waals surface area contributed by atoms with Gasteiger partial charge in [-0.1, -0.05) is 18.2 Å². The molecule has 0 atom stereocenters. The summed E-state index contributed by atoms with van der Waals surface area (Å²) in [5.41, 5.74) is 9.95.